The molecule has 0 bridgehead atoms. The highest BCUT2D eigenvalue weighted by molar-refractivity contribution is 5.85. The molecule has 7 heteroatoms. The van der Waals surface area contributed by atoms with E-state index in [9.17, 15) is 4.79 Å². The first kappa shape index (κ1) is 19.3. The van der Waals surface area contributed by atoms with Crippen molar-refractivity contribution in [3.05, 3.63) is 60.7 Å². The van der Waals surface area contributed by atoms with Crippen LogP contribution in [0, 0.1) is 0 Å². The summed E-state index contributed by atoms with van der Waals surface area (Å²) >= 11 is 0. The summed E-state index contributed by atoms with van der Waals surface area (Å²) in [7, 11) is 0. The number of hydrazone groups is 1. The fraction of sp³-hybridized carbons (Fsp3) is 0.238. The number of ether oxygens (including phenoxy) is 4. The van der Waals surface area contributed by atoms with E-state index in [1.165, 1.54) is 6.21 Å². The van der Waals surface area contributed by atoms with Crippen LogP contribution in [0.15, 0.2) is 60.2 Å². The van der Waals surface area contributed by atoms with Crippen molar-refractivity contribution in [2.45, 2.75) is 13.0 Å². The molecular formula is C21H22N2O5. The molecule has 146 valence electrons. The molecule has 1 atom stereocenters. The minimum absolute atomic E-state index is 0.127. The summed E-state index contributed by atoms with van der Waals surface area (Å²) in [4.78, 5) is 12.3. The van der Waals surface area contributed by atoms with E-state index >= 15 is 0 Å². The number of carbonyl (C=O) groups is 1. The lowest BCUT2D eigenvalue weighted by molar-refractivity contribution is -0.130. The molecule has 2 aromatic rings. The van der Waals surface area contributed by atoms with Gasteiger partial charge in [0.1, 0.15) is 13.2 Å². The maximum absolute atomic E-state index is 12.3. The molecule has 0 spiro atoms. The summed E-state index contributed by atoms with van der Waals surface area (Å²) in [5.74, 6) is 1.99. The van der Waals surface area contributed by atoms with Gasteiger partial charge < -0.3 is 18.9 Å². The van der Waals surface area contributed by atoms with E-state index in [0.717, 1.165) is 5.56 Å². The normalized spacial score (nSPS) is 15.1. The Balaban J connectivity index is 1.60. The van der Waals surface area contributed by atoms with Crippen LogP contribution in [0.4, 0.5) is 0 Å². The molecule has 0 fully saturated rings. The van der Waals surface area contributed by atoms with Gasteiger partial charge in [-0.3, -0.25) is 4.79 Å². The third-order valence-corrected chi connectivity index (χ3v) is 3.81. The minimum atomic E-state index is -0.763. The Bertz CT molecular complexity index is 866. The predicted molar refractivity (Wildman–Crippen MR) is 105 cm³/mol. The molecule has 2 aromatic carbocycles. The molecule has 7 nitrogen and oxygen atoms in total. The summed E-state index contributed by atoms with van der Waals surface area (Å²) in [5, 5.41) is 3.99. The van der Waals surface area contributed by atoms with Crippen molar-refractivity contribution in [1.82, 2.24) is 5.43 Å². The Kier molecular flexibility index (Phi) is 6.51. The zero-order valence-corrected chi connectivity index (χ0v) is 15.6. The molecule has 0 aromatic heterocycles. The topological polar surface area (TPSA) is 78.4 Å². The van der Waals surface area contributed by atoms with E-state index in [0.29, 0.717) is 36.2 Å². The van der Waals surface area contributed by atoms with Crippen molar-refractivity contribution in [2.24, 2.45) is 5.10 Å². The smallest absolute Gasteiger partial charge is 0.284 e. The molecule has 1 aliphatic heterocycles. The molecule has 0 radical (unpaired) electrons. The number of nitrogens with zero attached hydrogens (tertiary/aromatic N) is 1. The Morgan fingerprint density at radius 1 is 1.25 bits per heavy atom. The number of nitrogens with one attached hydrogen (secondary N) is 1. The number of hydrogen-bond acceptors (Lipinski definition) is 6. The quantitative estimate of drug-likeness (QED) is 0.431. The van der Waals surface area contributed by atoms with E-state index in [-0.39, 0.29) is 12.5 Å². The van der Waals surface area contributed by atoms with E-state index < -0.39 is 6.10 Å². The van der Waals surface area contributed by atoms with Crippen molar-refractivity contribution in [2.75, 3.05) is 19.8 Å². The minimum Gasteiger partial charge on any atom is -0.490 e. The standard InChI is InChI=1S/C21H22N2O5/c1-3-11-26-17-10-9-15(12-19(17)25-4-2)13-22-23-21(24)20-14-27-16-7-5-6-8-18(16)28-20/h3,5-10,12-13,20H,1,4,11,14H2,2H3,(H,23,24)/b22-13-/t20-/m1/s1. The van der Waals surface area contributed by atoms with Crippen molar-refractivity contribution < 1.29 is 23.7 Å². The maximum Gasteiger partial charge on any atom is 0.284 e. The van der Waals surface area contributed by atoms with Crippen molar-refractivity contribution in [1.29, 1.82) is 0 Å². The van der Waals surface area contributed by atoms with Gasteiger partial charge in [0, 0.05) is 0 Å². The fourth-order valence-corrected chi connectivity index (χ4v) is 2.53. The zero-order chi connectivity index (χ0) is 19.8. The van der Waals surface area contributed by atoms with Crippen LogP contribution in [0.2, 0.25) is 0 Å². The second kappa shape index (κ2) is 9.45. The summed E-state index contributed by atoms with van der Waals surface area (Å²) < 4.78 is 22.3. The summed E-state index contributed by atoms with van der Waals surface area (Å²) in [6.45, 7) is 6.54. The van der Waals surface area contributed by atoms with Crippen LogP contribution in [-0.4, -0.2) is 38.0 Å². The van der Waals surface area contributed by atoms with Crippen LogP contribution in [0.5, 0.6) is 23.0 Å². The van der Waals surface area contributed by atoms with Gasteiger partial charge in [-0.25, -0.2) is 5.43 Å². The van der Waals surface area contributed by atoms with Gasteiger partial charge in [-0.05, 0) is 42.8 Å². The highest BCUT2D eigenvalue weighted by atomic mass is 16.6. The van der Waals surface area contributed by atoms with E-state index in [2.05, 4.69) is 17.1 Å². The van der Waals surface area contributed by atoms with Gasteiger partial charge in [0.05, 0.1) is 12.8 Å². The number of carbonyl (C=O) groups excluding carboxylic acids is 1. The molecule has 0 saturated heterocycles. The Morgan fingerprint density at radius 3 is 2.86 bits per heavy atom. The van der Waals surface area contributed by atoms with Gasteiger partial charge in [0.2, 0.25) is 6.10 Å². The first-order valence-corrected chi connectivity index (χ1v) is 8.93. The number of fused-ring (bicyclic) bond motifs is 1. The lowest BCUT2D eigenvalue weighted by Gasteiger charge is -2.24. The van der Waals surface area contributed by atoms with E-state index in [1.54, 1.807) is 30.3 Å². The van der Waals surface area contributed by atoms with Gasteiger partial charge in [-0.15, -0.1) is 0 Å². The summed E-state index contributed by atoms with van der Waals surface area (Å²) in [6, 6.07) is 12.6. The first-order valence-electron chi connectivity index (χ1n) is 8.93. The van der Waals surface area contributed by atoms with Gasteiger partial charge in [0.25, 0.3) is 5.91 Å². The van der Waals surface area contributed by atoms with Crippen LogP contribution in [0.1, 0.15) is 12.5 Å². The molecule has 0 saturated carbocycles. The monoisotopic (exact) mass is 382 g/mol. The van der Waals surface area contributed by atoms with Gasteiger partial charge in [-0.2, -0.15) is 5.10 Å². The van der Waals surface area contributed by atoms with E-state index in [1.807, 2.05) is 25.1 Å². The van der Waals surface area contributed by atoms with Crippen LogP contribution in [0.25, 0.3) is 0 Å². The Hall–Kier alpha value is -3.48. The molecule has 1 amide bonds. The lowest BCUT2D eigenvalue weighted by Crippen LogP contribution is -2.42. The molecule has 1 aliphatic rings. The third-order valence-electron chi connectivity index (χ3n) is 3.81. The van der Waals surface area contributed by atoms with E-state index in [4.69, 9.17) is 18.9 Å². The van der Waals surface area contributed by atoms with Crippen molar-refractivity contribution >= 4 is 12.1 Å². The average molecular weight is 382 g/mol. The fourth-order valence-electron chi connectivity index (χ4n) is 2.53. The second-order valence-corrected chi connectivity index (χ2v) is 5.84. The SMILES string of the molecule is C=CCOc1ccc(/C=N\NC(=O)[C@H]2COc3ccccc3O2)cc1OCC. The number of hydrogen-bond donors (Lipinski definition) is 1. The van der Waals surface area contributed by atoms with Crippen LogP contribution in [0.3, 0.4) is 0 Å². The van der Waals surface area contributed by atoms with Crippen LogP contribution in [-0.2, 0) is 4.79 Å². The summed E-state index contributed by atoms with van der Waals surface area (Å²) in [5.41, 5.74) is 3.22. The lowest BCUT2D eigenvalue weighted by atomic mass is 10.2. The average Bonchev–Trinajstić information content (AvgIpc) is 2.73. The Labute approximate surface area is 163 Å². The summed E-state index contributed by atoms with van der Waals surface area (Å²) in [6.07, 6.45) is 2.42. The first-order chi connectivity index (χ1) is 13.7. The highest BCUT2D eigenvalue weighted by Crippen LogP contribution is 2.31. The van der Waals surface area contributed by atoms with Gasteiger partial charge in [0.15, 0.2) is 23.0 Å². The third kappa shape index (κ3) is 4.82. The largest absolute Gasteiger partial charge is 0.490 e. The molecule has 1 heterocycles. The highest BCUT2D eigenvalue weighted by Gasteiger charge is 2.26. The molecule has 0 unspecified atom stereocenters. The van der Waals surface area contributed by atoms with Crippen molar-refractivity contribution in [3.63, 3.8) is 0 Å². The molecule has 0 aliphatic carbocycles. The van der Waals surface area contributed by atoms with Gasteiger partial charge >= 0.3 is 0 Å². The number of rotatable bonds is 8. The number of benzene rings is 2. The molecule has 1 N–H and O–H groups in total. The number of amides is 1. The van der Waals surface area contributed by atoms with Crippen LogP contribution >= 0.6 is 0 Å². The molecule has 28 heavy (non-hydrogen) atoms. The predicted octanol–water partition coefficient (Wildman–Crippen LogP) is 2.94. The molecule has 3 rings (SSSR count). The number of para-hydroxylation sites is 2. The van der Waals surface area contributed by atoms with Crippen molar-refractivity contribution in [3.8, 4) is 23.0 Å². The zero-order valence-electron chi connectivity index (χ0n) is 15.6. The second-order valence-electron chi connectivity index (χ2n) is 5.84. The van der Waals surface area contributed by atoms with Gasteiger partial charge in [-0.1, -0.05) is 24.8 Å². The molecular weight excluding hydrogens is 360 g/mol. The maximum atomic E-state index is 12.3. The van der Waals surface area contributed by atoms with Crippen LogP contribution < -0.4 is 24.4 Å². The Morgan fingerprint density at radius 2 is 2.07 bits per heavy atom.